The molecule has 0 N–H and O–H groups in total. The lowest BCUT2D eigenvalue weighted by Gasteiger charge is -2.05. The summed E-state index contributed by atoms with van der Waals surface area (Å²) in [6.07, 6.45) is 10.5. The summed E-state index contributed by atoms with van der Waals surface area (Å²) in [7, 11) is 0. The van der Waals surface area contributed by atoms with Gasteiger partial charge in [0.15, 0.2) is 0 Å². The third kappa shape index (κ3) is 6.35. The van der Waals surface area contributed by atoms with Crippen molar-refractivity contribution in [3.63, 3.8) is 0 Å². The van der Waals surface area contributed by atoms with E-state index in [1.165, 1.54) is 44.9 Å². The maximum Gasteiger partial charge on any atom is -0.0533 e. The van der Waals surface area contributed by atoms with Gasteiger partial charge in [0.05, 0.1) is 0 Å². The topological polar surface area (TPSA) is 0 Å². The number of rotatable bonds is 0. The molecule has 0 radical (unpaired) electrons. The zero-order valence-corrected chi connectivity index (χ0v) is 6.45. The lowest BCUT2D eigenvalue weighted by molar-refractivity contribution is 0.504. The molecule has 2 rings (SSSR count). The average Bonchev–Trinajstić information content (AvgIpc) is 1.95. The van der Waals surface area contributed by atoms with E-state index >= 15 is 0 Å². The first-order valence-electron chi connectivity index (χ1n) is 3.50. The second-order valence-electron chi connectivity index (χ2n) is 2.47. The summed E-state index contributed by atoms with van der Waals surface area (Å²) in [6, 6.07) is 0. The molecule has 0 heterocycles. The Morgan fingerprint density at radius 2 is 0.500 bits per heavy atom. The summed E-state index contributed by atoms with van der Waals surface area (Å²) in [4.78, 5) is 0. The van der Waals surface area contributed by atoms with Crippen molar-refractivity contribution < 1.29 is 0 Å². The number of hydrogen-bond donors (Lipinski definition) is 0. The Labute approximate surface area is 59.1 Å². The van der Waals surface area contributed by atoms with E-state index in [-0.39, 0.29) is 13.5 Å². The van der Waals surface area contributed by atoms with Crippen LogP contribution in [0.1, 0.15) is 44.9 Å². The first-order chi connectivity index (χ1) is 3.50. The molecule has 0 bridgehead atoms. The van der Waals surface area contributed by atoms with Crippen molar-refractivity contribution in [3.8, 4) is 0 Å². The number of hydrogen-bond acceptors (Lipinski definition) is 0. The van der Waals surface area contributed by atoms with Crippen LogP contribution in [0.25, 0.3) is 0 Å². The van der Waals surface area contributed by atoms with Gasteiger partial charge in [0.1, 0.15) is 0 Å². The van der Waals surface area contributed by atoms with Gasteiger partial charge in [0, 0.05) is 0 Å². The van der Waals surface area contributed by atoms with Crippen molar-refractivity contribution in [2.24, 2.45) is 0 Å². The zero-order valence-electron chi connectivity index (χ0n) is 5.45. The van der Waals surface area contributed by atoms with Gasteiger partial charge < -0.3 is 0 Å². The van der Waals surface area contributed by atoms with E-state index in [1.807, 2.05) is 0 Å². The largest absolute Gasteiger partial charge is 0.197 e. The van der Waals surface area contributed by atoms with E-state index < -0.39 is 0 Å². The van der Waals surface area contributed by atoms with Gasteiger partial charge in [-0.05, 0) is 0 Å². The summed E-state index contributed by atoms with van der Waals surface area (Å²) in [5, 5.41) is 0. The van der Waals surface area contributed by atoms with Crippen molar-refractivity contribution in [3.05, 3.63) is 0 Å². The molecule has 2 fully saturated rings. The quantitative estimate of drug-likeness (QED) is 0.475. The highest BCUT2D eigenvalue weighted by molar-refractivity contribution is 7.59. The standard InChI is InChI=1S/C4H8.C3H6.H2S/c1-2-4-3-1;1-2-3-1;/h1-4H2;1-3H2;1H2. The lowest BCUT2D eigenvalue weighted by Crippen LogP contribution is -1.85. The van der Waals surface area contributed by atoms with Gasteiger partial charge in [-0.3, -0.25) is 0 Å². The van der Waals surface area contributed by atoms with Gasteiger partial charge >= 0.3 is 0 Å². The summed E-state index contributed by atoms with van der Waals surface area (Å²) < 4.78 is 0. The van der Waals surface area contributed by atoms with Crippen molar-refractivity contribution in [2.45, 2.75) is 44.9 Å². The molecule has 0 saturated heterocycles. The molecule has 2 saturated carbocycles. The summed E-state index contributed by atoms with van der Waals surface area (Å²) >= 11 is 0. The fraction of sp³-hybridized carbons (Fsp3) is 1.00. The van der Waals surface area contributed by atoms with Crippen LogP contribution in [0.2, 0.25) is 0 Å². The van der Waals surface area contributed by atoms with E-state index in [1.54, 1.807) is 0 Å². The predicted octanol–water partition coefficient (Wildman–Crippen LogP) is 2.84. The van der Waals surface area contributed by atoms with Crippen molar-refractivity contribution in [1.29, 1.82) is 0 Å². The molecule has 0 aromatic carbocycles. The molecule has 0 amide bonds. The molecule has 0 aromatic heterocycles. The van der Waals surface area contributed by atoms with Crippen LogP contribution in [0.5, 0.6) is 0 Å². The molecular formula is C7H16S. The second kappa shape index (κ2) is 5.49. The van der Waals surface area contributed by atoms with Crippen molar-refractivity contribution >= 4 is 13.5 Å². The Balaban J connectivity index is 0.000000112. The third-order valence-corrected chi connectivity index (χ3v) is 1.35. The van der Waals surface area contributed by atoms with E-state index in [0.717, 1.165) is 0 Å². The van der Waals surface area contributed by atoms with Crippen LogP contribution in [0, 0.1) is 0 Å². The smallest absolute Gasteiger partial charge is 0.0533 e. The molecule has 0 atom stereocenters. The van der Waals surface area contributed by atoms with Crippen molar-refractivity contribution in [1.82, 2.24) is 0 Å². The molecule has 2 aliphatic rings. The van der Waals surface area contributed by atoms with Gasteiger partial charge in [-0.15, -0.1) is 0 Å². The molecular weight excluding hydrogens is 116 g/mol. The van der Waals surface area contributed by atoms with Crippen LogP contribution in [-0.2, 0) is 0 Å². The monoisotopic (exact) mass is 132 g/mol. The minimum atomic E-state index is 0. The predicted molar refractivity (Wildman–Crippen MR) is 42.7 cm³/mol. The Morgan fingerprint density at radius 1 is 0.375 bits per heavy atom. The molecule has 1 heteroatoms. The summed E-state index contributed by atoms with van der Waals surface area (Å²) in [6.45, 7) is 0. The second-order valence-corrected chi connectivity index (χ2v) is 2.47. The molecule has 0 aromatic rings. The minimum absolute atomic E-state index is 0. The van der Waals surface area contributed by atoms with Crippen molar-refractivity contribution in [2.75, 3.05) is 0 Å². The molecule has 2 aliphatic carbocycles. The maximum absolute atomic E-state index is 1.50. The fourth-order valence-corrected chi connectivity index (χ4v) is 0.250. The maximum atomic E-state index is 1.50. The first-order valence-corrected chi connectivity index (χ1v) is 3.50. The third-order valence-electron chi connectivity index (χ3n) is 1.35. The van der Waals surface area contributed by atoms with Crippen LogP contribution in [0.4, 0.5) is 0 Å². The zero-order chi connectivity index (χ0) is 4.95. The summed E-state index contributed by atoms with van der Waals surface area (Å²) in [5.74, 6) is 0. The van der Waals surface area contributed by atoms with Gasteiger partial charge in [-0.25, -0.2) is 0 Å². The molecule has 50 valence electrons. The van der Waals surface area contributed by atoms with E-state index in [0.29, 0.717) is 0 Å². The van der Waals surface area contributed by atoms with Gasteiger partial charge in [-0.2, -0.15) is 13.5 Å². The molecule has 8 heavy (non-hydrogen) atoms. The lowest BCUT2D eigenvalue weighted by atomic mass is 10.0. The summed E-state index contributed by atoms with van der Waals surface area (Å²) in [5.41, 5.74) is 0. The Bertz CT molecular complexity index is 30.9. The van der Waals surface area contributed by atoms with E-state index in [9.17, 15) is 0 Å². The first kappa shape index (κ1) is 8.35. The Kier molecular flexibility index (Phi) is 5.73. The SMILES string of the molecule is C1CC1.C1CCC1.S. The fourth-order valence-electron chi connectivity index (χ4n) is 0.250. The Morgan fingerprint density at radius 3 is 0.500 bits per heavy atom. The van der Waals surface area contributed by atoms with Gasteiger partial charge in [-0.1, -0.05) is 44.9 Å². The van der Waals surface area contributed by atoms with E-state index in [2.05, 4.69) is 0 Å². The molecule has 0 spiro atoms. The van der Waals surface area contributed by atoms with Gasteiger partial charge in [0.2, 0.25) is 0 Å². The normalized spacial score (nSPS) is 21.0. The molecule has 0 aliphatic heterocycles. The van der Waals surface area contributed by atoms with Crippen LogP contribution in [-0.4, -0.2) is 0 Å². The Hall–Kier alpha value is 0.350. The van der Waals surface area contributed by atoms with Crippen LogP contribution in [0.3, 0.4) is 0 Å². The highest BCUT2D eigenvalue weighted by Crippen LogP contribution is 2.15. The van der Waals surface area contributed by atoms with Gasteiger partial charge in [0.25, 0.3) is 0 Å². The van der Waals surface area contributed by atoms with E-state index in [4.69, 9.17) is 0 Å². The molecule has 0 unspecified atom stereocenters. The highest BCUT2D eigenvalue weighted by Gasteiger charge is 1.95. The highest BCUT2D eigenvalue weighted by atomic mass is 32.1. The van der Waals surface area contributed by atoms with Crippen LogP contribution < -0.4 is 0 Å². The molecule has 0 nitrogen and oxygen atoms in total. The van der Waals surface area contributed by atoms with Crippen LogP contribution in [0.15, 0.2) is 0 Å². The van der Waals surface area contributed by atoms with Crippen LogP contribution >= 0.6 is 13.5 Å². The minimum Gasteiger partial charge on any atom is -0.197 e. The average molecular weight is 132 g/mol.